The van der Waals surface area contributed by atoms with Crippen molar-refractivity contribution in [3.05, 3.63) is 70.6 Å². The van der Waals surface area contributed by atoms with Crippen molar-refractivity contribution in [2.24, 2.45) is 0 Å². The Hall–Kier alpha value is -3.88. The van der Waals surface area contributed by atoms with Crippen molar-refractivity contribution in [3.63, 3.8) is 0 Å². The fourth-order valence-electron chi connectivity index (χ4n) is 3.44. The van der Waals surface area contributed by atoms with E-state index in [0.29, 0.717) is 22.9 Å². The summed E-state index contributed by atoms with van der Waals surface area (Å²) in [5, 5.41) is 3.09. The van der Waals surface area contributed by atoms with Gasteiger partial charge >= 0.3 is 0 Å². The summed E-state index contributed by atoms with van der Waals surface area (Å²) in [6.45, 7) is 0. The average Bonchev–Trinajstić information content (AvgIpc) is 3.58. The van der Waals surface area contributed by atoms with Crippen LogP contribution in [0.25, 0.3) is 22.4 Å². The minimum Gasteiger partial charge on any atom is -0.497 e. The highest BCUT2D eigenvalue weighted by Gasteiger charge is 2.29. The van der Waals surface area contributed by atoms with Crippen molar-refractivity contribution in [2.75, 3.05) is 12.4 Å². The highest BCUT2D eigenvalue weighted by atomic mass is 19.1. The predicted molar refractivity (Wildman–Crippen MR) is 111 cm³/mol. The van der Waals surface area contributed by atoms with E-state index in [1.807, 2.05) is 18.2 Å². The van der Waals surface area contributed by atoms with Gasteiger partial charge in [0.1, 0.15) is 28.6 Å². The Kier molecular flexibility index (Phi) is 4.58. The van der Waals surface area contributed by atoms with Gasteiger partial charge in [-0.25, -0.2) is 18.7 Å². The molecule has 156 valence electrons. The Labute approximate surface area is 175 Å². The molecule has 1 fully saturated rings. The molecule has 1 N–H and O–H groups in total. The van der Waals surface area contributed by atoms with Gasteiger partial charge < -0.3 is 10.1 Å². The van der Waals surface area contributed by atoms with Gasteiger partial charge in [0.2, 0.25) is 5.95 Å². The summed E-state index contributed by atoms with van der Waals surface area (Å²) in [5.41, 5.74) is 1.06. The number of hydrogen-bond donors (Lipinski definition) is 1. The third-order valence-electron chi connectivity index (χ3n) is 5.01. The predicted octanol–water partition coefficient (Wildman–Crippen LogP) is 4.22. The number of hydrogen-bond acceptors (Lipinski definition) is 6. The standard InChI is InChI=1S/C22H17F2N5O2/c1-31-17-4-2-3-15(10-17)26-22-25-11-18-20(28-22)29(16-5-6-16)21(30)19(27-18)12-7-13(23)9-14(24)8-12/h2-4,7-11,16H,5-6H2,1H3,(H,25,26,28). The van der Waals surface area contributed by atoms with E-state index in [2.05, 4.69) is 20.3 Å². The Morgan fingerprint density at radius 3 is 2.58 bits per heavy atom. The molecular weight excluding hydrogens is 404 g/mol. The molecule has 0 atom stereocenters. The molecule has 0 bridgehead atoms. The Morgan fingerprint density at radius 1 is 1.10 bits per heavy atom. The summed E-state index contributed by atoms with van der Waals surface area (Å²) >= 11 is 0. The maximum atomic E-state index is 13.7. The molecule has 2 heterocycles. The second kappa shape index (κ2) is 7.42. The second-order valence-electron chi connectivity index (χ2n) is 7.28. The van der Waals surface area contributed by atoms with Gasteiger partial charge in [-0.2, -0.15) is 4.98 Å². The van der Waals surface area contributed by atoms with Crippen LogP contribution in [-0.4, -0.2) is 26.6 Å². The number of ether oxygens (including phenoxy) is 1. The van der Waals surface area contributed by atoms with E-state index < -0.39 is 17.2 Å². The lowest BCUT2D eigenvalue weighted by atomic mass is 10.1. The summed E-state index contributed by atoms with van der Waals surface area (Å²) in [6, 6.07) is 10.2. The van der Waals surface area contributed by atoms with Gasteiger partial charge in [-0.15, -0.1) is 0 Å². The Morgan fingerprint density at radius 2 is 1.87 bits per heavy atom. The molecule has 0 radical (unpaired) electrons. The molecule has 31 heavy (non-hydrogen) atoms. The summed E-state index contributed by atoms with van der Waals surface area (Å²) in [5.74, 6) is -0.582. The number of rotatable bonds is 5. The number of nitrogens with zero attached hydrogens (tertiary/aromatic N) is 4. The van der Waals surface area contributed by atoms with Gasteiger partial charge in [0.05, 0.1) is 13.3 Å². The molecule has 0 amide bonds. The van der Waals surface area contributed by atoms with E-state index >= 15 is 0 Å². The summed E-state index contributed by atoms with van der Waals surface area (Å²) < 4.78 is 34.2. The molecule has 0 aliphatic heterocycles. The highest BCUT2D eigenvalue weighted by Crippen LogP contribution is 2.36. The first-order valence-corrected chi connectivity index (χ1v) is 9.68. The van der Waals surface area contributed by atoms with Gasteiger partial charge in [-0.1, -0.05) is 6.07 Å². The van der Waals surface area contributed by atoms with Crippen LogP contribution in [-0.2, 0) is 0 Å². The minimum atomic E-state index is -0.775. The number of fused-ring (bicyclic) bond motifs is 1. The van der Waals surface area contributed by atoms with Crippen LogP contribution in [0.1, 0.15) is 18.9 Å². The van der Waals surface area contributed by atoms with Gasteiger partial charge in [0, 0.05) is 29.4 Å². The topological polar surface area (TPSA) is 81.9 Å². The second-order valence-corrected chi connectivity index (χ2v) is 7.28. The largest absolute Gasteiger partial charge is 0.497 e. The summed E-state index contributed by atoms with van der Waals surface area (Å²) in [6.07, 6.45) is 3.12. The van der Waals surface area contributed by atoms with Crippen LogP contribution in [0, 0.1) is 11.6 Å². The third-order valence-corrected chi connectivity index (χ3v) is 5.01. The van der Waals surface area contributed by atoms with Crippen molar-refractivity contribution in [1.29, 1.82) is 0 Å². The van der Waals surface area contributed by atoms with Crippen LogP contribution in [0.3, 0.4) is 0 Å². The van der Waals surface area contributed by atoms with E-state index in [9.17, 15) is 13.6 Å². The average molecular weight is 421 g/mol. The zero-order valence-electron chi connectivity index (χ0n) is 16.5. The molecule has 1 aliphatic carbocycles. The molecule has 5 rings (SSSR count). The maximum absolute atomic E-state index is 13.7. The van der Waals surface area contributed by atoms with E-state index in [-0.39, 0.29) is 17.3 Å². The van der Waals surface area contributed by atoms with Gasteiger partial charge in [-0.05, 0) is 37.1 Å². The smallest absolute Gasteiger partial charge is 0.279 e. The Balaban J connectivity index is 1.63. The molecule has 1 saturated carbocycles. The van der Waals surface area contributed by atoms with Crippen LogP contribution in [0.2, 0.25) is 0 Å². The maximum Gasteiger partial charge on any atom is 0.279 e. The zero-order chi connectivity index (χ0) is 21.5. The Bertz CT molecular complexity index is 1350. The van der Waals surface area contributed by atoms with Gasteiger partial charge in [-0.3, -0.25) is 9.36 Å². The van der Waals surface area contributed by atoms with E-state index in [1.54, 1.807) is 17.7 Å². The minimum absolute atomic E-state index is 0.0325. The van der Waals surface area contributed by atoms with Crippen molar-refractivity contribution in [3.8, 4) is 17.0 Å². The van der Waals surface area contributed by atoms with Crippen LogP contribution in [0.15, 0.2) is 53.5 Å². The third kappa shape index (κ3) is 3.70. The van der Waals surface area contributed by atoms with Crippen LogP contribution in [0.5, 0.6) is 5.75 Å². The molecule has 1 aliphatic rings. The number of methoxy groups -OCH3 is 1. The van der Waals surface area contributed by atoms with Crippen molar-refractivity contribution in [1.82, 2.24) is 19.5 Å². The highest BCUT2D eigenvalue weighted by molar-refractivity contribution is 5.75. The lowest BCUT2D eigenvalue weighted by Gasteiger charge is -2.12. The summed E-state index contributed by atoms with van der Waals surface area (Å²) in [4.78, 5) is 26.3. The first kappa shape index (κ1) is 19.1. The fraction of sp³-hybridized carbons (Fsp3) is 0.182. The number of benzene rings is 2. The molecule has 0 spiro atoms. The first-order valence-electron chi connectivity index (χ1n) is 9.68. The molecular formula is C22H17F2N5O2. The number of nitrogens with one attached hydrogen (secondary N) is 1. The summed E-state index contributed by atoms with van der Waals surface area (Å²) in [7, 11) is 1.58. The van der Waals surface area contributed by atoms with E-state index in [4.69, 9.17) is 4.74 Å². The lowest BCUT2D eigenvalue weighted by molar-refractivity contribution is 0.415. The van der Waals surface area contributed by atoms with Crippen molar-refractivity contribution >= 4 is 22.8 Å². The van der Waals surface area contributed by atoms with E-state index in [0.717, 1.165) is 36.7 Å². The fourth-order valence-corrected chi connectivity index (χ4v) is 3.44. The van der Waals surface area contributed by atoms with Crippen LogP contribution >= 0.6 is 0 Å². The normalized spacial score (nSPS) is 13.4. The monoisotopic (exact) mass is 421 g/mol. The van der Waals surface area contributed by atoms with Crippen LogP contribution < -0.4 is 15.6 Å². The zero-order valence-corrected chi connectivity index (χ0v) is 16.5. The molecule has 9 heteroatoms. The van der Waals surface area contributed by atoms with Crippen molar-refractivity contribution < 1.29 is 13.5 Å². The molecule has 2 aromatic carbocycles. The molecule has 0 saturated heterocycles. The number of halogens is 2. The van der Waals surface area contributed by atoms with Crippen LogP contribution in [0.4, 0.5) is 20.4 Å². The van der Waals surface area contributed by atoms with Crippen molar-refractivity contribution in [2.45, 2.75) is 18.9 Å². The SMILES string of the molecule is COc1cccc(Nc2ncc3nc(-c4cc(F)cc(F)c4)c(=O)n(C4CC4)c3n2)c1. The number of aromatic nitrogens is 4. The first-order chi connectivity index (χ1) is 15.0. The quantitative estimate of drug-likeness (QED) is 0.520. The molecule has 7 nitrogen and oxygen atoms in total. The lowest BCUT2D eigenvalue weighted by Crippen LogP contribution is -2.24. The van der Waals surface area contributed by atoms with E-state index in [1.165, 1.54) is 6.20 Å². The molecule has 2 aromatic heterocycles. The van der Waals surface area contributed by atoms with Gasteiger partial charge in [0.25, 0.3) is 5.56 Å². The van der Waals surface area contributed by atoms with Gasteiger partial charge in [0.15, 0.2) is 5.65 Å². The molecule has 4 aromatic rings. The number of anilines is 2. The molecule has 0 unspecified atom stereocenters.